The second-order valence-electron chi connectivity index (χ2n) is 2.87. The molecule has 0 aliphatic heterocycles. The van der Waals surface area contributed by atoms with Crippen LogP contribution in [0.2, 0.25) is 0 Å². The van der Waals surface area contributed by atoms with Crippen molar-refractivity contribution >= 4 is 24.0 Å². The summed E-state index contributed by atoms with van der Waals surface area (Å²) >= 11 is 0. The predicted octanol–water partition coefficient (Wildman–Crippen LogP) is 2.43. The van der Waals surface area contributed by atoms with E-state index in [0.717, 1.165) is 17.1 Å². The molecule has 0 saturated carbocycles. The molecule has 0 amide bonds. The van der Waals surface area contributed by atoms with E-state index in [1.807, 2.05) is 30.3 Å². The number of hydrogen-bond donors (Lipinski definition) is 0. The zero-order valence-corrected chi connectivity index (χ0v) is 8.18. The Labute approximate surface area is 78.7 Å². The van der Waals surface area contributed by atoms with E-state index in [9.17, 15) is 0 Å². The van der Waals surface area contributed by atoms with Crippen molar-refractivity contribution in [1.29, 1.82) is 0 Å². The number of rotatable bonds is 3. The van der Waals surface area contributed by atoms with E-state index in [-0.39, 0.29) is 0 Å². The van der Waals surface area contributed by atoms with Crippen LogP contribution in [0.1, 0.15) is 13.3 Å². The molecule has 4 radical (unpaired) electrons. The Kier molecular flexibility index (Phi) is 3.33. The van der Waals surface area contributed by atoms with Gasteiger partial charge in [0.25, 0.3) is 0 Å². The molecule has 0 heterocycles. The summed E-state index contributed by atoms with van der Waals surface area (Å²) < 4.78 is 0. The van der Waals surface area contributed by atoms with Gasteiger partial charge in [0, 0.05) is 0 Å². The number of hydrogen-bond acceptors (Lipinski definition) is 0. The van der Waals surface area contributed by atoms with Crippen LogP contribution in [-0.2, 0) is 0 Å². The number of benzene rings is 1. The summed E-state index contributed by atoms with van der Waals surface area (Å²) in [7, 11) is 10.5. The van der Waals surface area contributed by atoms with E-state index in [1.54, 1.807) is 0 Å². The molecule has 0 nitrogen and oxygen atoms in total. The zero-order valence-electron chi connectivity index (χ0n) is 7.36. The second-order valence-corrected chi connectivity index (χ2v) is 5.45. The Bertz CT molecular complexity index is 234. The first-order chi connectivity index (χ1) is 5.67. The standard InChI is InChI=1S/C9H12B2S/c1-2-8-12(10,11)9-6-4-3-5-7-9/h3-7H,2,8H2,1H3. The lowest BCUT2D eigenvalue weighted by Gasteiger charge is -2.32. The van der Waals surface area contributed by atoms with E-state index in [4.69, 9.17) is 14.2 Å². The molecule has 1 aromatic rings. The van der Waals surface area contributed by atoms with Gasteiger partial charge in [0.2, 0.25) is 0 Å². The van der Waals surface area contributed by atoms with Gasteiger partial charge in [-0.25, -0.2) is 0 Å². The molecule has 0 spiro atoms. The second kappa shape index (κ2) is 4.08. The van der Waals surface area contributed by atoms with Crippen molar-refractivity contribution in [2.24, 2.45) is 0 Å². The first-order valence-electron chi connectivity index (χ1n) is 4.08. The van der Waals surface area contributed by atoms with E-state index in [2.05, 4.69) is 6.92 Å². The van der Waals surface area contributed by atoms with Crippen molar-refractivity contribution in [2.45, 2.75) is 18.2 Å². The van der Waals surface area contributed by atoms with E-state index in [1.165, 1.54) is 0 Å². The molecule has 60 valence electrons. The molecular formula is C9H12B2S. The molecule has 0 aliphatic rings. The summed E-state index contributed by atoms with van der Waals surface area (Å²) in [5.74, 6) is 0.900. The van der Waals surface area contributed by atoms with Crippen LogP contribution in [0.15, 0.2) is 35.2 Å². The third kappa shape index (κ3) is 2.34. The molecule has 1 rings (SSSR count). The van der Waals surface area contributed by atoms with E-state index in [0.29, 0.717) is 0 Å². The largest absolute Gasteiger partial charge is 0.297 e. The SMILES string of the molecule is [B]S([B])(CCC)c1ccccc1. The lowest BCUT2D eigenvalue weighted by atomic mass is 10.4. The first kappa shape index (κ1) is 9.79. The normalized spacial score (nSPS) is 12.8. The van der Waals surface area contributed by atoms with Crippen molar-refractivity contribution in [3.63, 3.8) is 0 Å². The van der Waals surface area contributed by atoms with E-state index >= 15 is 0 Å². The van der Waals surface area contributed by atoms with Crippen molar-refractivity contribution in [1.82, 2.24) is 0 Å². The monoisotopic (exact) mass is 174 g/mol. The van der Waals surface area contributed by atoms with Gasteiger partial charge in [0.05, 0.1) is 0 Å². The summed E-state index contributed by atoms with van der Waals surface area (Å²) in [5.41, 5.74) is 0. The molecular weight excluding hydrogens is 162 g/mol. The Hall–Kier alpha value is -0.300. The maximum Gasteiger partial charge on any atom is 0.129 e. The summed E-state index contributed by atoms with van der Waals surface area (Å²) in [4.78, 5) is 1.09. The van der Waals surface area contributed by atoms with Crippen LogP contribution in [0, 0.1) is 0 Å². The third-order valence-corrected chi connectivity index (χ3v) is 3.96. The Balaban J connectivity index is 2.82. The zero-order chi connectivity index (χ0) is 9.03. The Morgan fingerprint density at radius 3 is 2.25 bits per heavy atom. The van der Waals surface area contributed by atoms with Gasteiger partial charge in [0.1, 0.15) is 14.2 Å². The Morgan fingerprint density at radius 2 is 1.75 bits per heavy atom. The summed E-state index contributed by atoms with van der Waals surface area (Å²) in [6, 6.07) is 9.94. The predicted molar refractivity (Wildman–Crippen MR) is 59.0 cm³/mol. The van der Waals surface area contributed by atoms with Crippen LogP contribution >= 0.6 is 9.73 Å². The van der Waals surface area contributed by atoms with Crippen LogP contribution in [-0.4, -0.2) is 20.0 Å². The maximum absolute atomic E-state index is 6.01. The van der Waals surface area contributed by atoms with Gasteiger partial charge >= 0.3 is 0 Å². The smallest absolute Gasteiger partial charge is 0.129 e. The summed E-state index contributed by atoms with van der Waals surface area (Å²) in [5, 5.41) is 0. The van der Waals surface area contributed by atoms with Gasteiger partial charge in [-0.1, -0.05) is 37.3 Å². The van der Waals surface area contributed by atoms with Crippen molar-refractivity contribution in [2.75, 3.05) is 5.75 Å². The van der Waals surface area contributed by atoms with Crippen LogP contribution in [0.5, 0.6) is 0 Å². The van der Waals surface area contributed by atoms with Gasteiger partial charge in [-0.3, -0.25) is 9.73 Å². The minimum Gasteiger partial charge on any atom is -0.297 e. The van der Waals surface area contributed by atoms with Gasteiger partial charge < -0.3 is 0 Å². The molecule has 0 atom stereocenters. The molecule has 0 bridgehead atoms. The summed E-state index contributed by atoms with van der Waals surface area (Å²) in [6.45, 7) is 2.10. The van der Waals surface area contributed by atoms with Crippen LogP contribution in [0.4, 0.5) is 0 Å². The molecule has 0 fully saturated rings. The highest BCUT2D eigenvalue weighted by molar-refractivity contribution is 8.64. The van der Waals surface area contributed by atoms with Crippen LogP contribution in [0.3, 0.4) is 0 Å². The lowest BCUT2D eigenvalue weighted by Crippen LogP contribution is -2.03. The molecule has 0 unspecified atom stereocenters. The maximum atomic E-state index is 6.01. The quantitative estimate of drug-likeness (QED) is 0.617. The lowest BCUT2D eigenvalue weighted by molar-refractivity contribution is 1.10. The van der Waals surface area contributed by atoms with Crippen LogP contribution in [0.25, 0.3) is 0 Å². The minimum atomic E-state index is -1.51. The van der Waals surface area contributed by atoms with Gasteiger partial charge in [-0.2, -0.15) is 0 Å². The van der Waals surface area contributed by atoms with Gasteiger partial charge in [-0.15, -0.1) is 0 Å². The van der Waals surface area contributed by atoms with Gasteiger partial charge in [0.15, 0.2) is 0 Å². The fraction of sp³-hybridized carbons (Fsp3) is 0.333. The third-order valence-electron chi connectivity index (χ3n) is 1.72. The summed E-state index contributed by atoms with van der Waals surface area (Å²) in [6.07, 6.45) is 1.04. The Morgan fingerprint density at radius 1 is 1.17 bits per heavy atom. The molecule has 12 heavy (non-hydrogen) atoms. The molecule has 0 aliphatic carbocycles. The molecule has 3 heteroatoms. The minimum absolute atomic E-state index is 0.900. The fourth-order valence-corrected chi connectivity index (χ4v) is 2.70. The van der Waals surface area contributed by atoms with Crippen molar-refractivity contribution < 1.29 is 0 Å². The highest BCUT2D eigenvalue weighted by atomic mass is 32.3. The molecule has 1 aromatic carbocycles. The van der Waals surface area contributed by atoms with Gasteiger partial charge in [-0.05, 0) is 17.1 Å². The van der Waals surface area contributed by atoms with Crippen molar-refractivity contribution in [3.05, 3.63) is 30.3 Å². The van der Waals surface area contributed by atoms with Crippen LogP contribution < -0.4 is 0 Å². The molecule has 0 saturated heterocycles. The first-order valence-corrected chi connectivity index (χ1v) is 6.01. The average molecular weight is 174 g/mol. The molecule has 0 N–H and O–H groups in total. The highest BCUT2D eigenvalue weighted by Crippen LogP contribution is 2.46. The topological polar surface area (TPSA) is 0 Å². The van der Waals surface area contributed by atoms with E-state index < -0.39 is 9.73 Å². The molecule has 0 aromatic heterocycles. The van der Waals surface area contributed by atoms with Crippen molar-refractivity contribution in [3.8, 4) is 0 Å². The fourth-order valence-electron chi connectivity index (χ4n) is 1.13. The highest BCUT2D eigenvalue weighted by Gasteiger charge is 2.11. The average Bonchev–Trinajstić information content (AvgIpc) is 2.06.